The van der Waals surface area contributed by atoms with Crippen molar-refractivity contribution in [3.63, 3.8) is 0 Å². The normalized spacial score (nSPS) is 15.5. The van der Waals surface area contributed by atoms with Crippen LogP contribution >= 0.6 is 0 Å². The third-order valence-electron chi connectivity index (χ3n) is 6.39. The minimum atomic E-state index is -0.186. The average molecular weight is 438 g/mol. The van der Waals surface area contributed by atoms with Gasteiger partial charge in [-0.3, -0.25) is 9.78 Å². The summed E-state index contributed by atoms with van der Waals surface area (Å²) < 4.78 is 5.58. The zero-order valence-electron chi connectivity index (χ0n) is 18.0. The second kappa shape index (κ2) is 8.50. The molecule has 0 unspecified atom stereocenters. The molecule has 2 aliphatic rings. The van der Waals surface area contributed by atoms with Crippen LogP contribution in [0.25, 0.3) is 10.9 Å². The molecule has 1 fully saturated rings. The van der Waals surface area contributed by atoms with Gasteiger partial charge in [-0.25, -0.2) is 4.98 Å². The van der Waals surface area contributed by atoms with Crippen molar-refractivity contribution in [1.29, 1.82) is 10.5 Å². The van der Waals surface area contributed by atoms with Crippen LogP contribution in [-0.4, -0.2) is 26.8 Å². The first-order valence-corrected chi connectivity index (χ1v) is 10.9. The van der Waals surface area contributed by atoms with Crippen LogP contribution in [0.2, 0.25) is 0 Å². The van der Waals surface area contributed by atoms with Crippen LogP contribution < -0.4 is 5.73 Å². The number of anilines is 1. The summed E-state index contributed by atoms with van der Waals surface area (Å²) >= 11 is 0. The van der Waals surface area contributed by atoms with Gasteiger partial charge in [-0.2, -0.15) is 10.5 Å². The number of ether oxygens (including phenoxy) is 1. The SMILES string of the molecule is N#CC[C@@H](C1CC1)N(Cc1ccc(C#N)cn1)C(=O)c1ccc2nc(N)c3c(c2c1)COC3. The van der Waals surface area contributed by atoms with Gasteiger partial charge in [0.2, 0.25) is 0 Å². The van der Waals surface area contributed by atoms with Crippen molar-refractivity contribution in [2.45, 2.75) is 45.1 Å². The molecule has 1 aromatic carbocycles. The van der Waals surface area contributed by atoms with Crippen molar-refractivity contribution in [2.75, 3.05) is 5.73 Å². The first-order valence-electron chi connectivity index (χ1n) is 10.9. The molecule has 164 valence electrons. The number of carbonyl (C=O) groups is 1. The number of fused-ring (bicyclic) bond motifs is 3. The number of carbonyl (C=O) groups excluding carboxylic acids is 1. The zero-order valence-corrected chi connectivity index (χ0v) is 18.0. The predicted molar refractivity (Wildman–Crippen MR) is 120 cm³/mol. The highest BCUT2D eigenvalue weighted by Crippen LogP contribution is 2.38. The summed E-state index contributed by atoms with van der Waals surface area (Å²) in [7, 11) is 0. The molecule has 8 nitrogen and oxygen atoms in total. The van der Waals surface area contributed by atoms with Gasteiger partial charge in [-0.1, -0.05) is 0 Å². The van der Waals surface area contributed by atoms with Crippen molar-refractivity contribution >= 4 is 22.6 Å². The van der Waals surface area contributed by atoms with E-state index in [1.807, 2.05) is 12.1 Å². The van der Waals surface area contributed by atoms with Gasteiger partial charge in [0, 0.05) is 28.8 Å². The van der Waals surface area contributed by atoms with E-state index >= 15 is 0 Å². The van der Waals surface area contributed by atoms with Crippen molar-refractivity contribution < 1.29 is 9.53 Å². The first kappa shape index (κ1) is 20.9. The maximum absolute atomic E-state index is 13.8. The monoisotopic (exact) mass is 438 g/mol. The lowest BCUT2D eigenvalue weighted by Crippen LogP contribution is -2.41. The van der Waals surface area contributed by atoms with Gasteiger partial charge in [0.05, 0.1) is 49.0 Å². The number of hydrogen-bond acceptors (Lipinski definition) is 7. The Hall–Kier alpha value is -4.01. The Morgan fingerprint density at radius 1 is 1.21 bits per heavy atom. The van der Waals surface area contributed by atoms with Gasteiger partial charge in [0.1, 0.15) is 11.9 Å². The lowest BCUT2D eigenvalue weighted by molar-refractivity contribution is 0.0636. The molecule has 0 radical (unpaired) electrons. The van der Waals surface area contributed by atoms with E-state index < -0.39 is 0 Å². The van der Waals surface area contributed by atoms with E-state index in [4.69, 9.17) is 15.7 Å². The number of rotatable bonds is 6. The number of nitriles is 2. The Labute approximate surface area is 191 Å². The third kappa shape index (κ3) is 3.97. The van der Waals surface area contributed by atoms with Crippen molar-refractivity contribution in [3.05, 3.63) is 64.5 Å². The van der Waals surface area contributed by atoms with E-state index in [9.17, 15) is 10.1 Å². The highest BCUT2D eigenvalue weighted by molar-refractivity contribution is 5.99. The molecule has 8 heteroatoms. The fourth-order valence-electron chi connectivity index (χ4n) is 4.47. The van der Waals surface area contributed by atoms with Crippen molar-refractivity contribution in [2.24, 2.45) is 5.92 Å². The fourth-order valence-corrected chi connectivity index (χ4v) is 4.47. The minimum absolute atomic E-state index is 0.153. The topological polar surface area (TPSA) is 129 Å². The zero-order chi connectivity index (χ0) is 22.9. The van der Waals surface area contributed by atoms with Crippen LogP contribution in [0.15, 0.2) is 36.5 Å². The number of nitrogen functional groups attached to an aromatic ring is 1. The van der Waals surface area contributed by atoms with Crippen molar-refractivity contribution in [3.8, 4) is 12.1 Å². The number of hydrogen-bond donors (Lipinski definition) is 1. The number of amides is 1. The molecular weight excluding hydrogens is 416 g/mol. The van der Waals surface area contributed by atoms with Crippen LogP contribution in [0, 0.1) is 28.6 Å². The molecule has 0 spiro atoms. The number of aromatic nitrogens is 2. The van der Waals surface area contributed by atoms with Gasteiger partial charge in [-0.05, 0) is 54.7 Å². The highest BCUT2D eigenvalue weighted by atomic mass is 16.5. The van der Waals surface area contributed by atoms with Crippen LogP contribution in [0.4, 0.5) is 5.82 Å². The first-order chi connectivity index (χ1) is 16.1. The summed E-state index contributed by atoms with van der Waals surface area (Å²) in [6, 6.07) is 13.0. The largest absolute Gasteiger partial charge is 0.383 e. The molecule has 1 aliphatic heterocycles. The Kier molecular flexibility index (Phi) is 5.37. The second-order valence-corrected chi connectivity index (χ2v) is 8.53. The molecule has 2 N–H and O–H groups in total. The molecule has 1 atom stereocenters. The maximum Gasteiger partial charge on any atom is 0.254 e. The highest BCUT2D eigenvalue weighted by Gasteiger charge is 2.38. The van der Waals surface area contributed by atoms with Crippen LogP contribution in [0.3, 0.4) is 0 Å². The van der Waals surface area contributed by atoms with Crippen LogP contribution in [0.1, 0.15) is 52.0 Å². The molecule has 1 aliphatic carbocycles. The van der Waals surface area contributed by atoms with E-state index in [1.165, 1.54) is 6.20 Å². The molecular formula is C25H22N6O2. The molecule has 5 rings (SSSR count). The summed E-state index contributed by atoms with van der Waals surface area (Å²) in [5, 5.41) is 19.4. The lowest BCUT2D eigenvalue weighted by atomic mass is 10.0. The standard InChI is InChI=1S/C25H22N6O2/c26-8-7-23(16-2-3-16)31(12-18-5-1-15(10-27)11-29-18)25(32)17-4-6-22-19(9-17)20-13-33-14-21(20)24(28)30-22/h1,4-6,9,11,16,23H,2-3,7,12-14H2,(H2,28,30)/t23-/m0/s1. The van der Waals surface area contributed by atoms with E-state index in [0.29, 0.717) is 41.8 Å². The van der Waals surface area contributed by atoms with Gasteiger partial charge in [0.15, 0.2) is 0 Å². The lowest BCUT2D eigenvalue weighted by Gasteiger charge is -2.30. The predicted octanol–water partition coefficient (Wildman–Crippen LogP) is 3.45. The number of nitrogens with two attached hydrogens (primary N) is 1. The molecule has 3 heterocycles. The number of benzene rings is 1. The molecule has 0 saturated heterocycles. The van der Waals surface area contributed by atoms with E-state index in [-0.39, 0.29) is 24.9 Å². The quantitative estimate of drug-likeness (QED) is 0.624. The van der Waals surface area contributed by atoms with Gasteiger partial charge in [-0.15, -0.1) is 0 Å². The Morgan fingerprint density at radius 2 is 2.03 bits per heavy atom. The molecule has 1 saturated carbocycles. The van der Waals surface area contributed by atoms with Crippen LogP contribution in [0.5, 0.6) is 0 Å². The number of pyridine rings is 2. The van der Waals surface area contributed by atoms with E-state index in [1.54, 1.807) is 23.1 Å². The molecule has 3 aromatic rings. The second-order valence-electron chi connectivity index (χ2n) is 8.53. The van der Waals surface area contributed by atoms with Gasteiger partial charge >= 0.3 is 0 Å². The van der Waals surface area contributed by atoms with E-state index in [0.717, 1.165) is 34.9 Å². The van der Waals surface area contributed by atoms with E-state index in [2.05, 4.69) is 22.1 Å². The average Bonchev–Trinajstić information content (AvgIpc) is 3.55. The minimum Gasteiger partial charge on any atom is -0.383 e. The summed E-state index contributed by atoms with van der Waals surface area (Å²) in [4.78, 5) is 24.4. The Balaban J connectivity index is 1.53. The van der Waals surface area contributed by atoms with Crippen LogP contribution in [-0.2, 0) is 24.5 Å². The molecule has 0 bridgehead atoms. The summed E-state index contributed by atoms with van der Waals surface area (Å²) in [5.41, 5.74) is 10.3. The fraction of sp³-hybridized carbons (Fsp3) is 0.320. The molecule has 1 amide bonds. The summed E-state index contributed by atoms with van der Waals surface area (Å²) in [6.45, 7) is 1.13. The summed E-state index contributed by atoms with van der Waals surface area (Å²) in [5.74, 6) is 0.622. The third-order valence-corrected chi connectivity index (χ3v) is 6.39. The van der Waals surface area contributed by atoms with Gasteiger partial charge in [0.25, 0.3) is 5.91 Å². The number of nitrogens with zero attached hydrogens (tertiary/aromatic N) is 5. The Morgan fingerprint density at radius 3 is 2.73 bits per heavy atom. The summed E-state index contributed by atoms with van der Waals surface area (Å²) in [6.07, 6.45) is 3.77. The maximum atomic E-state index is 13.8. The van der Waals surface area contributed by atoms with Crippen molar-refractivity contribution in [1.82, 2.24) is 14.9 Å². The van der Waals surface area contributed by atoms with Gasteiger partial charge < -0.3 is 15.4 Å². The Bertz CT molecular complexity index is 1320. The molecule has 33 heavy (non-hydrogen) atoms. The smallest absolute Gasteiger partial charge is 0.254 e. The molecule has 2 aromatic heterocycles.